The highest BCUT2D eigenvalue weighted by Gasteiger charge is 2.31. The van der Waals surface area contributed by atoms with Gasteiger partial charge in [-0.25, -0.2) is 4.79 Å². The Morgan fingerprint density at radius 3 is 2.52 bits per heavy atom. The molecule has 6 heteroatoms. The zero-order valence-electron chi connectivity index (χ0n) is 12.5. The third kappa shape index (κ3) is 6.27. The van der Waals surface area contributed by atoms with Crippen LogP contribution in [0.15, 0.2) is 30.3 Å². The fourth-order valence-electron chi connectivity index (χ4n) is 1.54. The molecule has 0 spiro atoms. The van der Waals surface area contributed by atoms with Crippen LogP contribution in [0, 0.1) is 0 Å². The molecule has 0 aromatic heterocycles. The smallest absolute Gasteiger partial charge is 0.407 e. The topological polar surface area (TPSA) is 84.9 Å². The van der Waals surface area contributed by atoms with Crippen LogP contribution < -0.4 is 5.32 Å². The van der Waals surface area contributed by atoms with Gasteiger partial charge >= 0.3 is 12.1 Å². The molecule has 0 saturated heterocycles. The van der Waals surface area contributed by atoms with Crippen molar-refractivity contribution >= 4 is 12.1 Å². The van der Waals surface area contributed by atoms with Gasteiger partial charge in [-0.3, -0.25) is 4.79 Å². The maximum atomic E-state index is 11.6. The first-order chi connectivity index (χ1) is 9.81. The Bertz CT molecular complexity index is 472. The van der Waals surface area contributed by atoms with Crippen LogP contribution in [0.5, 0.6) is 0 Å². The number of rotatable bonds is 6. The van der Waals surface area contributed by atoms with E-state index in [2.05, 4.69) is 5.32 Å². The minimum Gasteiger partial charge on any atom is -0.460 e. The molecular formula is C15H21NO5. The van der Waals surface area contributed by atoms with Crippen LogP contribution in [0.25, 0.3) is 0 Å². The Kier molecular flexibility index (Phi) is 6.17. The Morgan fingerprint density at radius 2 is 1.95 bits per heavy atom. The summed E-state index contributed by atoms with van der Waals surface area (Å²) in [6.07, 6.45) is -1.39. The molecule has 2 atom stereocenters. The van der Waals surface area contributed by atoms with Crippen LogP contribution in [-0.4, -0.2) is 35.4 Å². The Balaban J connectivity index is 2.36. The molecule has 0 radical (unpaired) electrons. The quantitative estimate of drug-likeness (QED) is 0.779. The second-order valence-corrected chi connectivity index (χ2v) is 5.02. The van der Waals surface area contributed by atoms with Gasteiger partial charge in [-0.1, -0.05) is 30.3 Å². The molecule has 0 saturated carbocycles. The SMILES string of the molecule is CC(=O)O[C@H](C)[C@](C)(O)CNC(=O)OCc1ccccc1. The summed E-state index contributed by atoms with van der Waals surface area (Å²) in [5, 5.41) is 12.6. The van der Waals surface area contributed by atoms with Gasteiger partial charge in [-0.05, 0) is 19.4 Å². The first-order valence-corrected chi connectivity index (χ1v) is 6.65. The standard InChI is InChI=1S/C15H21NO5/c1-11(21-12(2)17)15(3,19)10-16-14(18)20-9-13-7-5-4-6-8-13/h4-8,11,19H,9-10H2,1-3H3,(H,16,18)/t11-,15-/m1/s1. The molecule has 0 fully saturated rings. The summed E-state index contributed by atoms with van der Waals surface area (Å²) in [5.74, 6) is -0.491. The number of carbonyl (C=O) groups is 2. The number of hydrogen-bond acceptors (Lipinski definition) is 5. The summed E-state index contributed by atoms with van der Waals surface area (Å²) in [6, 6.07) is 9.25. The predicted molar refractivity (Wildman–Crippen MR) is 76.5 cm³/mol. The van der Waals surface area contributed by atoms with Crippen LogP contribution in [0.3, 0.4) is 0 Å². The molecule has 1 amide bonds. The van der Waals surface area contributed by atoms with E-state index in [4.69, 9.17) is 9.47 Å². The monoisotopic (exact) mass is 295 g/mol. The highest BCUT2D eigenvalue weighted by Crippen LogP contribution is 2.12. The Hall–Kier alpha value is -2.08. The molecule has 1 aromatic carbocycles. The normalized spacial score (nSPS) is 14.7. The van der Waals surface area contributed by atoms with E-state index in [-0.39, 0.29) is 13.2 Å². The summed E-state index contributed by atoms with van der Waals surface area (Å²) < 4.78 is 9.91. The number of nitrogens with one attached hydrogen (secondary N) is 1. The average Bonchev–Trinajstić information content (AvgIpc) is 2.43. The summed E-state index contributed by atoms with van der Waals surface area (Å²) in [6.45, 7) is 4.34. The molecule has 0 aliphatic heterocycles. The molecule has 0 unspecified atom stereocenters. The van der Waals surface area contributed by atoms with Crippen molar-refractivity contribution in [2.75, 3.05) is 6.54 Å². The maximum absolute atomic E-state index is 11.6. The van der Waals surface area contributed by atoms with E-state index in [1.54, 1.807) is 6.92 Å². The van der Waals surface area contributed by atoms with Crippen molar-refractivity contribution in [2.24, 2.45) is 0 Å². The van der Waals surface area contributed by atoms with Crippen molar-refractivity contribution < 1.29 is 24.2 Å². The van der Waals surface area contributed by atoms with E-state index >= 15 is 0 Å². The van der Waals surface area contributed by atoms with Gasteiger partial charge in [0.25, 0.3) is 0 Å². The van der Waals surface area contributed by atoms with E-state index in [1.807, 2.05) is 30.3 Å². The largest absolute Gasteiger partial charge is 0.460 e. The van der Waals surface area contributed by atoms with E-state index < -0.39 is 23.8 Å². The molecule has 2 N–H and O–H groups in total. The van der Waals surface area contributed by atoms with Gasteiger partial charge in [0.1, 0.15) is 18.3 Å². The van der Waals surface area contributed by atoms with Crippen molar-refractivity contribution in [1.29, 1.82) is 0 Å². The lowest BCUT2D eigenvalue weighted by Crippen LogP contribution is -2.49. The number of alkyl carbamates (subject to hydrolysis) is 1. The van der Waals surface area contributed by atoms with Crippen LogP contribution in [0.2, 0.25) is 0 Å². The van der Waals surface area contributed by atoms with E-state index in [0.717, 1.165) is 5.56 Å². The predicted octanol–water partition coefficient (Wildman–Crippen LogP) is 1.62. The molecule has 6 nitrogen and oxygen atoms in total. The van der Waals surface area contributed by atoms with Crippen molar-refractivity contribution in [1.82, 2.24) is 5.32 Å². The number of aliphatic hydroxyl groups is 1. The summed E-state index contributed by atoms with van der Waals surface area (Å²) in [5.41, 5.74) is -0.509. The first kappa shape index (κ1) is 17.0. The van der Waals surface area contributed by atoms with Crippen molar-refractivity contribution in [2.45, 2.75) is 39.1 Å². The van der Waals surface area contributed by atoms with Gasteiger partial charge in [-0.15, -0.1) is 0 Å². The second kappa shape index (κ2) is 7.64. The lowest BCUT2D eigenvalue weighted by Gasteiger charge is -2.29. The Labute approximate surface area is 124 Å². The van der Waals surface area contributed by atoms with E-state index in [1.165, 1.54) is 13.8 Å². The van der Waals surface area contributed by atoms with Gasteiger partial charge in [0.15, 0.2) is 0 Å². The van der Waals surface area contributed by atoms with Crippen LogP contribution >= 0.6 is 0 Å². The third-order valence-electron chi connectivity index (χ3n) is 3.02. The molecule has 116 valence electrons. The highest BCUT2D eigenvalue weighted by molar-refractivity contribution is 5.67. The number of benzene rings is 1. The molecule has 0 bridgehead atoms. The minimum absolute atomic E-state index is 0.0882. The number of hydrogen-bond donors (Lipinski definition) is 2. The fraction of sp³-hybridized carbons (Fsp3) is 0.467. The van der Waals surface area contributed by atoms with Crippen LogP contribution in [0.1, 0.15) is 26.3 Å². The number of ether oxygens (including phenoxy) is 2. The number of carbonyl (C=O) groups excluding carboxylic acids is 2. The first-order valence-electron chi connectivity index (χ1n) is 6.65. The third-order valence-corrected chi connectivity index (χ3v) is 3.02. The van der Waals surface area contributed by atoms with Gasteiger partial charge in [0, 0.05) is 6.92 Å². The van der Waals surface area contributed by atoms with Gasteiger partial charge in [-0.2, -0.15) is 0 Å². The summed E-state index contributed by atoms with van der Waals surface area (Å²) >= 11 is 0. The lowest BCUT2D eigenvalue weighted by atomic mass is 10.0. The van der Waals surface area contributed by atoms with Gasteiger partial charge in [0.2, 0.25) is 0 Å². The molecule has 1 aromatic rings. The van der Waals surface area contributed by atoms with Crippen LogP contribution in [-0.2, 0) is 20.9 Å². The average molecular weight is 295 g/mol. The van der Waals surface area contributed by atoms with Crippen molar-refractivity contribution in [3.05, 3.63) is 35.9 Å². The zero-order valence-corrected chi connectivity index (χ0v) is 12.5. The zero-order chi connectivity index (χ0) is 15.9. The number of esters is 1. The van der Waals surface area contributed by atoms with E-state index in [0.29, 0.717) is 0 Å². The van der Waals surface area contributed by atoms with Gasteiger partial charge < -0.3 is 19.9 Å². The van der Waals surface area contributed by atoms with Crippen LogP contribution in [0.4, 0.5) is 4.79 Å². The second-order valence-electron chi connectivity index (χ2n) is 5.02. The summed E-state index contributed by atoms with van der Waals surface area (Å²) in [4.78, 5) is 22.4. The molecule has 0 aliphatic rings. The number of amides is 1. The fourth-order valence-corrected chi connectivity index (χ4v) is 1.54. The van der Waals surface area contributed by atoms with E-state index in [9.17, 15) is 14.7 Å². The Morgan fingerprint density at radius 1 is 1.33 bits per heavy atom. The van der Waals surface area contributed by atoms with Gasteiger partial charge in [0.05, 0.1) is 6.54 Å². The molecule has 21 heavy (non-hydrogen) atoms. The minimum atomic E-state index is -1.38. The molecule has 1 rings (SSSR count). The van der Waals surface area contributed by atoms with Crippen molar-refractivity contribution in [3.63, 3.8) is 0 Å². The highest BCUT2D eigenvalue weighted by atomic mass is 16.6. The molecule has 0 heterocycles. The maximum Gasteiger partial charge on any atom is 0.407 e. The summed E-state index contributed by atoms with van der Waals surface area (Å²) in [7, 11) is 0. The van der Waals surface area contributed by atoms with Crippen molar-refractivity contribution in [3.8, 4) is 0 Å². The molecule has 0 aliphatic carbocycles. The molecular weight excluding hydrogens is 274 g/mol. The lowest BCUT2D eigenvalue weighted by molar-refractivity contribution is -0.158.